The summed E-state index contributed by atoms with van der Waals surface area (Å²) in [5.74, 6) is 0.646. The number of likely N-dealkylation sites (N-methyl/N-ethyl adjacent to an activating group) is 1. The second-order valence-corrected chi connectivity index (χ2v) is 6.15. The lowest BCUT2D eigenvalue weighted by atomic mass is 10.0. The van der Waals surface area contributed by atoms with Gasteiger partial charge >= 0.3 is 0 Å². The maximum absolute atomic E-state index is 13.6. The molecule has 5 heteroatoms. The SMILES string of the molecule is CCNC(Cc1cccc(F)c1Br)c1cc(OC)cs1. The molecule has 1 N–H and O–H groups in total. The number of benzene rings is 1. The van der Waals surface area contributed by atoms with E-state index in [1.807, 2.05) is 17.5 Å². The van der Waals surface area contributed by atoms with Gasteiger partial charge in [-0.15, -0.1) is 11.3 Å². The molecule has 2 aromatic rings. The third-order valence-corrected chi connectivity index (χ3v) is 4.99. The van der Waals surface area contributed by atoms with Crippen molar-refractivity contribution >= 4 is 27.3 Å². The summed E-state index contributed by atoms with van der Waals surface area (Å²) in [5.41, 5.74) is 0.961. The largest absolute Gasteiger partial charge is 0.496 e. The lowest BCUT2D eigenvalue weighted by Gasteiger charge is -2.17. The van der Waals surface area contributed by atoms with Crippen LogP contribution in [-0.4, -0.2) is 13.7 Å². The van der Waals surface area contributed by atoms with Gasteiger partial charge in [-0.05, 0) is 46.6 Å². The summed E-state index contributed by atoms with van der Waals surface area (Å²) in [6, 6.07) is 7.34. The maximum atomic E-state index is 13.6. The smallest absolute Gasteiger partial charge is 0.137 e. The Labute approximate surface area is 131 Å². The molecule has 2 nitrogen and oxygen atoms in total. The molecule has 1 heterocycles. The minimum atomic E-state index is -0.221. The number of methoxy groups -OCH3 is 1. The van der Waals surface area contributed by atoms with Crippen LogP contribution in [-0.2, 0) is 6.42 Å². The molecular formula is C15H17BrFNOS. The molecule has 20 heavy (non-hydrogen) atoms. The fourth-order valence-electron chi connectivity index (χ4n) is 2.07. The predicted octanol–water partition coefficient (Wildman–Crippen LogP) is 4.55. The number of hydrogen-bond donors (Lipinski definition) is 1. The quantitative estimate of drug-likeness (QED) is 0.818. The third kappa shape index (κ3) is 3.59. The fourth-order valence-corrected chi connectivity index (χ4v) is 3.43. The first-order valence-electron chi connectivity index (χ1n) is 6.44. The number of halogens is 2. The monoisotopic (exact) mass is 357 g/mol. The average molecular weight is 358 g/mol. The van der Waals surface area contributed by atoms with Gasteiger partial charge in [0.05, 0.1) is 11.6 Å². The molecule has 1 aromatic carbocycles. The Bertz CT molecular complexity index is 573. The summed E-state index contributed by atoms with van der Waals surface area (Å²) in [7, 11) is 1.66. The molecule has 0 bridgehead atoms. The van der Waals surface area contributed by atoms with Crippen LogP contribution >= 0.6 is 27.3 Å². The first-order chi connectivity index (χ1) is 9.65. The van der Waals surface area contributed by atoms with Gasteiger partial charge < -0.3 is 10.1 Å². The Balaban J connectivity index is 2.23. The third-order valence-electron chi connectivity index (χ3n) is 3.08. The first-order valence-corrected chi connectivity index (χ1v) is 8.11. The van der Waals surface area contributed by atoms with E-state index in [2.05, 4.69) is 28.2 Å². The summed E-state index contributed by atoms with van der Waals surface area (Å²) < 4.78 is 19.4. The average Bonchev–Trinajstić information content (AvgIpc) is 2.92. The normalized spacial score (nSPS) is 12.4. The van der Waals surface area contributed by atoms with E-state index in [0.717, 1.165) is 24.3 Å². The zero-order chi connectivity index (χ0) is 14.5. The minimum absolute atomic E-state index is 0.159. The van der Waals surface area contributed by atoms with Gasteiger partial charge in [0.1, 0.15) is 11.6 Å². The van der Waals surface area contributed by atoms with Crippen LogP contribution in [0.25, 0.3) is 0 Å². The van der Waals surface area contributed by atoms with Gasteiger partial charge in [-0.25, -0.2) is 4.39 Å². The van der Waals surface area contributed by atoms with Crippen molar-refractivity contribution in [1.29, 1.82) is 0 Å². The number of hydrogen-bond acceptors (Lipinski definition) is 3. The zero-order valence-corrected chi connectivity index (χ0v) is 13.9. The Hall–Kier alpha value is -0.910. The fraction of sp³-hybridized carbons (Fsp3) is 0.333. The zero-order valence-electron chi connectivity index (χ0n) is 11.5. The van der Waals surface area contributed by atoms with Crippen LogP contribution in [0, 0.1) is 5.82 Å². The molecule has 0 spiro atoms. The first kappa shape index (κ1) is 15.5. The molecule has 0 aliphatic heterocycles. The predicted molar refractivity (Wildman–Crippen MR) is 85.1 cm³/mol. The maximum Gasteiger partial charge on any atom is 0.137 e. The van der Waals surface area contributed by atoms with Crippen LogP contribution in [0.4, 0.5) is 4.39 Å². The van der Waals surface area contributed by atoms with E-state index < -0.39 is 0 Å². The lowest BCUT2D eigenvalue weighted by molar-refractivity contribution is 0.415. The molecule has 2 rings (SSSR count). The molecule has 0 radical (unpaired) electrons. The molecule has 0 aliphatic carbocycles. The van der Waals surface area contributed by atoms with Crippen molar-refractivity contribution in [1.82, 2.24) is 5.32 Å². The van der Waals surface area contributed by atoms with Crippen molar-refractivity contribution in [2.24, 2.45) is 0 Å². The van der Waals surface area contributed by atoms with E-state index >= 15 is 0 Å². The lowest BCUT2D eigenvalue weighted by Crippen LogP contribution is -2.22. The van der Waals surface area contributed by atoms with Crippen molar-refractivity contribution in [3.8, 4) is 5.75 Å². The molecule has 0 saturated carbocycles. The van der Waals surface area contributed by atoms with Crippen molar-refractivity contribution in [2.45, 2.75) is 19.4 Å². The van der Waals surface area contributed by atoms with Gasteiger partial charge in [0.15, 0.2) is 0 Å². The van der Waals surface area contributed by atoms with Gasteiger partial charge in [0.2, 0.25) is 0 Å². The summed E-state index contributed by atoms with van der Waals surface area (Å²) in [4.78, 5) is 1.19. The van der Waals surface area contributed by atoms with Crippen LogP contribution in [0.15, 0.2) is 34.1 Å². The Morgan fingerprint density at radius 2 is 2.25 bits per heavy atom. The molecule has 0 amide bonds. The van der Waals surface area contributed by atoms with Gasteiger partial charge in [-0.1, -0.05) is 19.1 Å². The van der Waals surface area contributed by atoms with Gasteiger partial charge in [0, 0.05) is 16.3 Å². The van der Waals surface area contributed by atoms with Crippen molar-refractivity contribution in [3.63, 3.8) is 0 Å². The van der Waals surface area contributed by atoms with Crippen molar-refractivity contribution in [3.05, 3.63) is 50.4 Å². The second-order valence-electron chi connectivity index (χ2n) is 4.42. The molecule has 0 fully saturated rings. The number of thiophene rings is 1. The molecule has 108 valence electrons. The number of ether oxygens (including phenoxy) is 1. The summed E-state index contributed by atoms with van der Waals surface area (Å²) in [6.07, 6.45) is 0.732. The Morgan fingerprint density at radius 1 is 1.45 bits per heavy atom. The summed E-state index contributed by atoms with van der Waals surface area (Å²) in [6.45, 7) is 2.93. The number of nitrogens with one attached hydrogen (secondary N) is 1. The Kier molecular flexibility index (Phi) is 5.57. The highest BCUT2D eigenvalue weighted by molar-refractivity contribution is 9.10. The van der Waals surface area contributed by atoms with Crippen LogP contribution in [0.3, 0.4) is 0 Å². The Morgan fingerprint density at radius 3 is 2.90 bits per heavy atom. The van der Waals surface area contributed by atoms with Gasteiger partial charge in [-0.3, -0.25) is 0 Å². The van der Waals surface area contributed by atoms with Crippen LogP contribution in [0.1, 0.15) is 23.4 Å². The van der Waals surface area contributed by atoms with Crippen molar-refractivity contribution in [2.75, 3.05) is 13.7 Å². The second kappa shape index (κ2) is 7.20. The van der Waals surface area contributed by atoms with E-state index in [1.165, 1.54) is 10.9 Å². The number of rotatable bonds is 6. The molecule has 0 saturated heterocycles. The van der Waals surface area contributed by atoms with Gasteiger partial charge in [-0.2, -0.15) is 0 Å². The van der Waals surface area contributed by atoms with Gasteiger partial charge in [0.25, 0.3) is 0 Å². The standard InChI is InChI=1S/C15H17BrFNOS/c1-3-18-13(14-8-11(19-2)9-20-14)7-10-5-4-6-12(17)15(10)16/h4-6,8-9,13,18H,3,7H2,1-2H3. The topological polar surface area (TPSA) is 21.3 Å². The minimum Gasteiger partial charge on any atom is -0.496 e. The van der Waals surface area contributed by atoms with E-state index in [1.54, 1.807) is 24.5 Å². The van der Waals surface area contributed by atoms with E-state index in [0.29, 0.717) is 4.47 Å². The van der Waals surface area contributed by atoms with E-state index in [-0.39, 0.29) is 11.9 Å². The molecule has 1 aromatic heterocycles. The van der Waals surface area contributed by atoms with E-state index in [9.17, 15) is 4.39 Å². The van der Waals surface area contributed by atoms with Crippen LogP contribution in [0.5, 0.6) is 5.75 Å². The molecule has 1 unspecified atom stereocenters. The van der Waals surface area contributed by atoms with Crippen LogP contribution < -0.4 is 10.1 Å². The highest BCUT2D eigenvalue weighted by Crippen LogP contribution is 2.31. The summed E-state index contributed by atoms with van der Waals surface area (Å²) >= 11 is 4.98. The van der Waals surface area contributed by atoms with Crippen molar-refractivity contribution < 1.29 is 9.13 Å². The molecule has 0 aliphatic rings. The molecular weight excluding hydrogens is 341 g/mol. The highest BCUT2D eigenvalue weighted by Gasteiger charge is 2.16. The highest BCUT2D eigenvalue weighted by atomic mass is 79.9. The summed E-state index contributed by atoms with van der Waals surface area (Å²) in [5, 5.41) is 5.43. The molecule has 1 atom stereocenters. The van der Waals surface area contributed by atoms with Crippen LogP contribution in [0.2, 0.25) is 0 Å². The van der Waals surface area contributed by atoms with E-state index in [4.69, 9.17) is 4.74 Å².